The Labute approximate surface area is 157 Å². The lowest BCUT2D eigenvalue weighted by molar-refractivity contribution is -0.136. The molecule has 0 unspecified atom stereocenters. The van der Waals surface area contributed by atoms with Crippen molar-refractivity contribution in [3.63, 3.8) is 0 Å². The quantitative estimate of drug-likeness (QED) is 0.663. The second kappa shape index (κ2) is 10.3. The Morgan fingerprint density at radius 1 is 1.42 bits per heavy atom. The first-order valence-corrected chi connectivity index (χ1v) is 8.78. The number of piperidine rings is 1. The Hall–Kier alpha value is -0.690. The van der Waals surface area contributed by atoms with Crippen molar-refractivity contribution in [2.45, 2.75) is 25.7 Å². The molecule has 4 nitrogen and oxygen atoms in total. The SMILES string of the molecule is COCC1(C(=O)NCCCc2ccc(Br)cc2F)CCNCC1.Cl. The number of carbonyl (C=O) groups is 1. The van der Waals surface area contributed by atoms with Gasteiger partial charge >= 0.3 is 0 Å². The van der Waals surface area contributed by atoms with Crippen molar-refractivity contribution < 1.29 is 13.9 Å². The third-order valence-corrected chi connectivity index (χ3v) is 4.88. The number of hydrogen-bond acceptors (Lipinski definition) is 3. The zero-order valence-corrected chi connectivity index (χ0v) is 16.3. The van der Waals surface area contributed by atoms with Gasteiger partial charge in [-0.05, 0) is 56.5 Å². The van der Waals surface area contributed by atoms with E-state index in [0.717, 1.165) is 30.4 Å². The smallest absolute Gasteiger partial charge is 0.228 e. The number of rotatable bonds is 7. The Morgan fingerprint density at radius 2 is 2.12 bits per heavy atom. The summed E-state index contributed by atoms with van der Waals surface area (Å²) < 4.78 is 19.7. The standard InChI is InChI=1S/C17H24BrFN2O2.ClH/c1-23-12-17(6-9-20-10-7-17)16(22)21-8-2-3-13-4-5-14(18)11-15(13)19;/h4-5,11,20H,2-3,6-10,12H2,1H3,(H,21,22);1H. The first-order valence-electron chi connectivity index (χ1n) is 7.99. The second-order valence-electron chi connectivity index (χ2n) is 6.06. The molecule has 24 heavy (non-hydrogen) atoms. The van der Waals surface area contributed by atoms with Crippen LogP contribution in [0.3, 0.4) is 0 Å². The number of carbonyl (C=O) groups excluding carboxylic acids is 1. The predicted octanol–water partition coefficient (Wildman–Crippen LogP) is 3.08. The molecule has 2 rings (SSSR count). The largest absolute Gasteiger partial charge is 0.384 e. The second-order valence-corrected chi connectivity index (χ2v) is 6.97. The molecule has 0 saturated carbocycles. The van der Waals surface area contributed by atoms with Crippen molar-refractivity contribution in [1.29, 1.82) is 0 Å². The van der Waals surface area contributed by atoms with Crippen LogP contribution in [0.4, 0.5) is 4.39 Å². The van der Waals surface area contributed by atoms with Gasteiger partial charge in [0.2, 0.25) is 5.91 Å². The maximum absolute atomic E-state index is 13.7. The maximum atomic E-state index is 13.7. The van der Waals surface area contributed by atoms with Crippen molar-refractivity contribution in [2.24, 2.45) is 5.41 Å². The van der Waals surface area contributed by atoms with E-state index >= 15 is 0 Å². The van der Waals surface area contributed by atoms with Gasteiger partial charge in [-0.3, -0.25) is 4.79 Å². The van der Waals surface area contributed by atoms with Crippen LogP contribution in [0.2, 0.25) is 0 Å². The van der Waals surface area contributed by atoms with Gasteiger partial charge in [-0.25, -0.2) is 4.39 Å². The van der Waals surface area contributed by atoms with E-state index in [1.165, 1.54) is 6.07 Å². The number of nitrogens with one attached hydrogen (secondary N) is 2. The van der Waals surface area contributed by atoms with Crippen LogP contribution < -0.4 is 10.6 Å². The zero-order chi connectivity index (χ0) is 16.7. The van der Waals surface area contributed by atoms with Crippen molar-refractivity contribution >= 4 is 34.2 Å². The lowest BCUT2D eigenvalue weighted by Crippen LogP contribution is -2.50. The van der Waals surface area contributed by atoms with Gasteiger partial charge in [-0.2, -0.15) is 0 Å². The Morgan fingerprint density at radius 3 is 2.75 bits per heavy atom. The van der Waals surface area contributed by atoms with Gasteiger partial charge in [0, 0.05) is 18.1 Å². The average molecular weight is 424 g/mol. The summed E-state index contributed by atoms with van der Waals surface area (Å²) in [5.74, 6) is -0.156. The van der Waals surface area contributed by atoms with E-state index < -0.39 is 5.41 Å². The van der Waals surface area contributed by atoms with Gasteiger partial charge in [0.25, 0.3) is 0 Å². The predicted molar refractivity (Wildman–Crippen MR) is 99.1 cm³/mol. The van der Waals surface area contributed by atoms with Gasteiger partial charge in [0.05, 0.1) is 12.0 Å². The van der Waals surface area contributed by atoms with Crippen molar-refractivity contribution in [3.8, 4) is 0 Å². The average Bonchev–Trinajstić information content (AvgIpc) is 2.54. The molecule has 1 amide bonds. The number of aryl methyl sites for hydroxylation is 1. The van der Waals surface area contributed by atoms with E-state index in [1.54, 1.807) is 13.2 Å². The van der Waals surface area contributed by atoms with Gasteiger partial charge in [0.15, 0.2) is 0 Å². The van der Waals surface area contributed by atoms with E-state index in [2.05, 4.69) is 26.6 Å². The van der Waals surface area contributed by atoms with Gasteiger partial charge < -0.3 is 15.4 Å². The van der Waals surface area contributed by atoms with Crippen LogP contribution in [0.5, 0.6) is 0 Å². The van der Waals surface area contributed by atoms with E-state index in [9.17, 15) is 9.18 Å². The summed E-state index contributed by atoms with van der Waals surface area (Å²) in [7, 11) is 1.63. The summed E-state index contributed by atoms with van der Waals surface area (Å²) in [6, 6.07) is 5.08. The summed E-state index contributed by atoms with van der Waals surface area (Å²) in [6.45, 7) is 2.66. The number of amides is 1. The molecular weight excluding hydrogens is 399 g/mol. The summed E-state index contributed by atoms with van der Waals surface area (Å²) in [5.41, 5.74) is 0.249. The molecule has 1 saturated heterocycles. The van der Waals surface area contributed by atoms with E-state index in [0.29, 0.717) is 31.6 Å². The molecule has 0 atom stereocenters. The number of hydrogen-bond donors (Lipinski definition) is 2. The number of benzene rings is 1. The van der Waals surface area contributed by atoms with Crippen LogP contribution in [0.25, 0.3) is 0 Å². The van der Waals surface area contributed by atoms with Crippen LogP contribution >= 0.6 is 28.3 Å². The first-order chi connectivity index (χ1) is 11.1. The highest BCUT2D eigenvalue weighted by molar-refractivity contribution is 9.10. The first kappa shape index (κ1) is 21.4. The minimum atomic E-state index is -0.428. The van der Waals surface area contributed by atoms with Crippen LogP contribution in [-0.4, -0.2) is 39.3 Å². The zero-order valence-electron chi connectivity index (χ0n) is 13.9. The molecule has 2 N–H and O–H groups in total. The minimum Gasteiger partial charge on any atom is -0.384 e. The van der Waals surface area contributed by atoms with Crippen molar-refractivity contribution in [1.82, 2.24) is 10.6 Å². The van der Waals surface area contributed by atoms with E-state index in [1.807, 2.05) is 6.07 Å². The third-order valence-electron chi connectivity index (χ3n) is 4.39. The molecule has 0 aromatic heterocycles. The molecule has 0 radical (unpaired) electrons. The Kier molecular flexibility index (Phi) is 9.19. The van der Waals surface area contributed by atoms with Crippen LogP contribution in [0.15, 0.2) is 22.7 Å². The molecule has 0 aliphatic carbocycles. The summed E-state index contributed by atoms with van der Waals surface area (Å²) >= 11 is 3.25. The van der Waals surface area contributed by atoms with Crippen LogP contribution in [0.1, 0.15) is 24.8 Å². The molecule has 1 aromatic rings. The molecular formula is C17H25BrClFN2O2. The van der Waals surface area contributed by atoms with Crippen molar-refractivity contribution in [3.05, 3.63) is 34.1 Å². The van der Waals surface area contributed by atoms with Crippen LogP contribution in [-0.2, 0) is 16.0 Å². The van der Waals surface area contributed by atoms with Gasteiger partial charge in [0.1, 0.15) is 5.82 Å². The molecule has 7 heteroatoms. The number of methoxy groups -OCH3 is 1. The highest BCUT2D eigenvalue weighted by Crippen LogP contribution is 2.29. The summed E-state index contributed by atoms with van der Waals surface area (Å²) in [5, 5.41) is 6.27. The van der Waals surface area contributed by atoms with Gasteiger partial charge in [-0.1, -0.05) is 22.0 Å². The summed E-state index contributed by atoms with van der Waals surface area (Å²) in [4.78, 5) is 12.5. The van der Waals surface area contributed by atoms with E-state index in [4.69, 9.17) is 4.74 Å². The monoisotopic (exact) mass is 422 g/mol. The fourth-order valence-electron chi connectivity index (χ4n) is 3.01. The lowest BCUT2D eigenvalue weighted by Gasteiger charge is -2.35. The molecule has 0 bridgehead atoms. The Balaban J connectivity index is 0.00000288. The fourth-order valence-corrected chi connectivity index (χ4v) is 3.34. The van der Waals surface area contributed by atoms with Crippen LogP contribution in [0, 0.1) is 11.2 Å². The molecule has 1 aliphatic heterocycles. The molecule has 1 aliphatic rings. The van der Waals surface area contributed by atoms with Gasteiger partial charge in [-0.15, -0.1) is 12.4 Å². The highest BCUT2D eigenvalue weighted by Gasteiger charge is 2.39. The summed E-state index contributed by atoms with van der Waals surface area (Å²) in [6.07, 6.45) is 2.89. The molecule has 0 spiro atoms. The molecule has 1 fully saturated rings. The minimum absolute atomic E-state index is 0. The topological polar surface area (TPSA) is 50.4 Å². The maximum Gasteiger partial charge on any atom is 0.228 e. The fraction of sp³-hybridized carbons (Fsp3) is 0.588. The normalized spacial score (nSPS) is 16.3. The Bertz CT molecular complexity index is 534. The molecule has 1 heterocycles. The number of halogens is 3. The molecule has 136 valence electrons. The molecule has 1 aromatic carbocycles. The highest BCUT2D eigenvalue weighted by atomic mass is 79.9. The lowest BCUT2D eigenvalue weighted by atomic mass is 9.78. The van der Waals surface area contributed by atoms with E-state index in [-0.39, 0.29) is 24.1 Å². The van der Waals surface area contributed by atoms with Crippen molar-refractivity contribution in [2.75, 3.05) is 33.4 Å². The number of ether oxygens (including phenoxy) is 1. The third kappa shape index (κ3) is 5.69.